The van der Waals surface area contributed by atoms with Gasteiger partial charge in [0.1, 0.15) is 11.6 Å². The predicted octanol–water partition coefficient (Wildman–Crippen LogP) is 1.58. The van der Waals surface area contributed by atoms with Gasteiger partial charge in [-0.25, -0.2) is 0 Å². The van der Waals surface area contributed by atoms with E-state index in [4.69, 9.17) is 0 Å². The fourth-order valence-electron chi connectivity index (χ4n) is 2.54. The molecule has 2 heteroatoms. The van der Waals surface area contributed by atoms with E-state index in [-0.39, 0.29) is 23.4 Å². The Morgan fingerprint density at radius 3 is 2.75 bits per heavy atom. The number of carbonyl (C=O) groups excluding carboxylic acids is 2. The highest BCUT2D eigenvalue weighted by atomic mass is 16.2. The molecule has 0 saturated heterocycles. The van der Waals surface area contributed by atoms with E-state index in [2.05, 4.69) is 6.92 Å². The molecule has 0 aromatic rings. The topological polar surface area (TPSA) is 34.1 Å². The van der Waals surface area contributed by atoms with Crippen LogP contribution in [0.5, 0.6) is 0 Å². The third kappa shape index (κ3) is 1.10. The molecule has 0 aromatic heterocycles. The van der Waals surface area contributed by atoms with Crippen LogP contribution in [0.1, 0.15) is 32.6 Å². The van der Waals surface area contributed by atoms with E-state index in [1.165, 1.54) is 0 Å². The lowest BCUT2D eigenvalue weighted by molar-refractivity contribution is -0.142. The summed E-state index contributed by atoms with van der Waals surface area (Å²) in [6.45, 7) is 2.14. The lowest BCUT2D eigenvalue weighted by Crippen LogP contribution is -2.41. The van der Waals surface area contributed by atoms with E-state index in [0.29, 0.717) is 12.3 Å². The number of hydrogen-bond acceptors (Lipinski definition) is 2. The highest BCUT2D eigenvalue weighted by Crippen LogP contribution is 2.37. The zero-order valence-corrected chi connectivity index (χ0v) is 7.38. The van der Waals surface area contributed by atoms with Crippen molar-refractivity contribution in [2.75, 3.05) is 0 Å². The van der Waals surface area contributed by atoms with Gasteiger partial charge < -0.3 is 0 Å². The van der Waals surface area contributed by atoms with Gasteiger partial charge in [-0.3, -0.25) is 9.59 Å². The number of ketones is 2. The molecule has 0 N–H and O–H groups in total. The van der Waals surface area contributed by atoms with Crippen LogP contribution >= 0.6 is 0 Å². The van der Waals surface area contributed by atoms with Crippen molar-refractivity contribution in [2.24, 2.45) is 17.8 Å². The van der Waals surface area contributed by atoms with Gasteiger partial charge in [0.2, 0.25) is 0 Å². The van der Waals surface area contributed by atoms with Crippen LogP contribution in [-0.2, 0) is 9.59 Å². The highest BCUT2D eigenvalue weighted by molar-refractivity contribution is 6.05. The van der Waals surface area contributed by atoms with Crippen LogP contribution in [-0.4, -0.2) is 11.6 Å². The Bertz CT molecular complexity index is 232. The van der Waals surface area contributed by atoms with Crippen molar-refractivity contribution in [2.45, 2.75) is 32.6 Å². The molecule has 2 aliphatic rings. The molecular weight excluding hydrogens is 152 g/mol. The Morgan fingerprint density at radius 2 is 2.00 bits per heavy atom. The summed E-state index contributed by atoms with van der Waals surface area (Å²) >= 11 is 0. The molecular formula is C10H14O2. The van der Waals surface area contributed by atoms with Crippen LogP contribution in [0.3, 0.4) is 0 Å². The van der Waals surface area contributed by atoms with E-state index < -0.39 is 0 Å². The zero-order valence-electron chi connectivity index (χ0n) is 7.38. The maximum Gasteiger partial charge on any atom is 0.146 e. The van der Waals surface area contributed by atoms with Crippen molar-refractivity contribution in [1.29, 1.82) is 0 Å². The first-order valence-corrected chi connectivity index (χ1v) is 4.75. The summed E-state index contributed by atoms with van der Waals surface area (Å²) in [6.07, 6.45) is 3.29. The van der Waals surface area contributed by atoms with Crippen LogP contribution in [0.4, 0.5) is 0 Å². The summed E-state index contributed by atoms with van der Waals surface area (Å²) in [6, 6.07) is 0. The average molecular weight is 166 g/mol. The van der Waals surface area contributed by atoms with Gasteiger partial charge in [-0.2, -0.15) is 0 Å². The van der Waals surface area contributed by atoms with Gasteiger partial charge in [0.15, 0.2) is 0 Å². The number of rotatable bonds is 0. The molecule has 0 amide bonds. The smallest absolute Gasteiger partial charge is 0.146 e. The minimum absolute atomic E-state index is 0.197. The normalized spacial score (nSPS) is 41.6. The molecule has 3 atom stereocenters. The van der Waals surface area contributed by atoms with Gasteiger partial charge in [0.25, 0.3) is 0 Å². The standard InChI is InChI=1S/C10H14O2/c1-6-4-7-2-3-9(11)8(5-6)10(7)12/h6-8H,2-5H2,1H3. The molecule has 0 aromatic carbocycles. The summed E-state index contributed by atoms with van der Waals surface area (Å²) < 4.78 is 0. The molecule has 66 valence electrons. The number of fused-ring (bicyclic) bond motifs is 2. The van der Waals surface area contributed by atoms with Gasteiger partial charge in [-0.1, -0.05) is 6.92 Å². The lowest BCUT2D eigenvalue weighted by Gasteiger charge is -2.35. The van der Waals surface area contributed by atoms with Gasteiger partial charge in [-0.15, -0.1) is 0 Å². The summed E-state index contributed by atoms with van der Waals surface area (Å²) in [7, 11) is 0. The fourth-order valence-corrected chi connectivity index (χ4v) is 2.54. The molecule has 0 heterocycles. The molecule has 2 aliphatic carbocycles. The van der Waals surface area contributed by atoms with Crippen molar-refractivity contribution in [3.63, 3.8) is 0 Å². The Morgan fingerprint density at radius 1 is 1.25 bits per heavy atom. The van der Waals surface area contributed by atoms with Crippen molar-refractivity contribution in [3.05, 3.63) is 0 Å². The lowest BCUT2D eigenvalue weighted by atomic mass is 9.67. The summed E-state index contributed by atoms with van der Waals surface area (Å²) in [5, 5.41) is 0. The largest absolute Gasteiger partial charge is 0.299 e. The molecule has 0 radical (unpaired) electrons. The van der Waals surface area contributed by atoms with Crippen LogP contribution in [0.15, 0.2) is 0 Å². The molecule has 2 nitrogen and oxygen atoms in total. The van der Waals surface area contributed by atoms with Crippen molar-refractivity contribution >= 4 is 11.6 Å². The van der Waals surface area contributed by atoms with Crippen LogP contribution in [0.2, 0.25) is 0 Å². The molecule has 0 aliphatic heterocycles. The first-order valence-electron chi connectivity index (χ1n) is 4.75. The first kappa shape index (κ1) is 7.96. The molecule has 12 heavy (non-hydrogen) atoms. The minimum Gasteiger partial charge on any atom is -0.299 e. The monoisotopic (exact) mass is 166 g/mol. The SMILES string of the molecule is CC1CC2CCC(=O)C(C1)C2=O. The van der Waals surface area contributed by atoms with Gasteiger partial charge >= 0.3 is 0 Å². The van der Waals surface area contributed by atoms with E-state index in [9.17, 15) is 9.59 Å². The van der Waals surface area contributed by atoms with Gasteiger partial charge in [-0.05, 0) is 25.2 Å². The second-order valence-corrected chi connectivity index (χ2v) is 4.23. The minimum atomic E-state index is -0.215. The molecule has 2 bridgehead atoms. The third-order valence-electron chi connectivity index (χ3n) is 3.20. The Kier molecular flexibility index (Phi) is 1.78. The van der Waals surface area contributed by atoms with E-state index in [1.807, 2.05) is 0 Å². The van der Waals surface area contributed by atoms with E-state index >= 15 is 0 Å². The maximum absolute atomic E-state index is 11.5. The Hall–Kier alpha value is -0.660. The van der Waals surface area contributed by atoms with Crippen molar-refractivity contribution in [1.82, 2.24) is 0 Å². The van der Waals surface area contributed by atoms with Gasteiger partial charge in [0, 0.05) is 12.3 Å². The Labute approximate surface area is 72.3 Å². The second kappa shape index (κ2) is 2.68. The quantitative estimate of drug-likeness (QED) is 0.512. The molecule has 2 fully saturated rings. The maximum atomic E-state index is 11.5. The summed E-state index contributed by atoms with van der Waals surface area (Å²) in [5.41, 5.74) is 0. The van der Waals surface area contributed by atoms with E-state index in [0.717, 1.165) is 19.3 Å². The Balaban J connectivity index is 2.22. The first-order chi connectivity index (χ1) is 5.68. The average Bonchev–Trinajstić information content (AvgIpc) is 2.01. The predicted molar refractivity (Wildman–Crippen MR) is 44.6 cm³/mol. The third-order valence-corrected chi connectivity index (χ3v) is 3.20. The molecule has 2 rings (SSSR count). The number of carbonyl (C=O) groups is 2. The van der Waals surface area contributed by atoms with Crippen LogP contribution < -0.4 is 0 Å². The zero-order chi connectivity index (χ0) is 8.72. The van der Waals surface area contributed by atoms with Crippen LogP contribution in [0.25, 0.3) is 0 Å². The fraction of sp³-hybridized carbons (Fsp3) is 0.800. The summed E-state index contributed by atoms with van der Waals surface area (Å²) in [5.74, 6) is 1.01. The molecule has 3 unspecified atom stereocenters. The van der Waals surface area contributed by atoms with E-state index in [1.54, 1.807) is 0 Å². The second-order valence-electron chi connectivity index (χ2n) is 4.23. The van der Waals surface area contributed by atoms with Crippen LogP contribution in [0, 0.1) is 17.8 Å². The molecule has 0 spiro atoms. The molecule has 2 saturated carbocycles. The van der Waals surface area contributed by atoms with Crippen molar-refractivity contribution in [3.8, 4) is 0 Å². The van der Waals surface area contributed by atoms with Crippen molar-refractivity contribution < 1.29 is 9.59 Å². The number of hydrogen-bond donors (Lipinski definition) is 0. The number of Topliss-reactive ketones (excluding diaryl/α,β-unsaturated/α-hetero) is 2. The highest BCUT2D eigenvalue weighted by Gasteiger charge is 2.41. The van der Waals surface area contributed by atoms with Gasteiger partial charge in [0.05, 0.1) is 5.92 Å². The summed E-state index contributed by atoms with van der Waals surface area (Å²) in [4.78, 5) is 22.9.